The molecular weight excluding hydrogens is 572 g/mol. The summed E-state index contributed by atoms with van der Waals surface area (Å²) in [5, 5.41) is 0. The zero-order valence-electron chi connectivity index (χ0n) is 26.1. The quantitative estimate of drug-likeness (QED) is 0.234. The van der Waals surface area contributed by atoms with Gasteiger partial charge in [0, 0.05) is 45.6 Å². The first-order chi connectivity index (χ1) is 20.9. The minimum Gasteiger partial charge on any atom is -0.492 e. The first-order valence-electron chi connectivity index (χ1n) is 14.5. The van der Waals surface area contributed by atoms with Gasteiger partial charge in [-0.2, -0.15) is 0 Å². The van der Waals surface area contributed by atoms with Gasteiger partial charge >= 0.3 is 5.97 Å². The number of methoxy groups -OCH3 is 2. The molecule has 1 amide bonds. The number of rotatable bonds is 7. The Morgan fingerprint density at radius 1 is 0.886 bits per heavy atom. The van der Waals surface area contributed by atoms with Gasteiger partial charge in [0.1, 0.15) is 18.8 Å². The molecule has 0 radical (unpaired) electrons. The first kappa shape index (κ1) is 31.3. The van der Waals surface area contributed by atoms with E-state index in [4.69, 9.17) is 18.9 Å². The molecule has 0 aromatic heterocycles. The van der Waals surface area contributed by atoms with Crippen molar-refractivity contribution in [3.8, 4) is 0 Å². The molecule has 3 aliphatic heterocycles. The summed E-state index contributed by atoms with van der Waals surface area (Å²) in [7, 11) is 4.27. The number of carbonyl (C=O) groups excluding carboxylic acids is 6. The lowest BCUT2D eigenvalue weighted by Gasteiger charge is -2.59. The fraction of sp³-hybridized carbons (Fsp3) is 0.500. The molecule has 0 unspecified atom stereocenters. The molecule has 0 saturated carbocycles. The summed E-state index contributed by atoms with van der Waals surface area (Å²) in [6.45, 7) is 7.67. The van der Waals surface area contributed by atoms with Gasteiger partial charge in [0.15, 0.2) is 23.1 Å². The predicted molar refractivity (Wildman–Crippen MR) is 154 cm³/mol. The minimum absolute atomic E-state index is 0.0112. The number of piperazine rings is 1. The van der Waals surface area contributed by atoms with Gasteiger partial charge in [-0.1, -0.05) is 6.08 Å². The summed E-state index contributed by atoms with van der Waals surface area (Å²) in [4.78, 5) is 85.9. The number of Topliss-reactive ketones (excluding diaryl/α,β-unsaturated/α-hetero) is 4. The predicted octanol–water partition coefficient (Wildman–Crippen LogP) is 1.30. The van der Waals surface area contributed by atoms with Gasteiger partial charge in [0.05, 0.1) is 32.3 Å². The van der Waals surface area contributed by atoms with Crippen molar-refractivity contribution in [3.63, 3.8) is 0 Å². The van der Waals surface area contributed by atoms with E-state index in [0.717, 1.165) is 0 Å². The highest BCUT2D eigenvalue weighted by atomic mass is 16.5. The number of nitrogens with zero attached hydrogens (tertiary/aromatic N) is 2. The van der Waals surface area contributed by atoms with Crippen LogP contribution in [-0.2, 0) is 47.7 Å². The van der Waals surface area contributed by atoms with Crippen molar-refractivity contribution in [1.29, 1.82) is 0 Å². The summed E-state index contributed by atoms with van der Waals surface area (Å²) in [6, 6.07) is -3.95. The number of carbonyl (C=O) groups is 6. The molecule has 3 heterocycles. The Kier molecular flexibility index (Phi) is 8.10. The van der Waals surface area contributed by atoms with Crippen LogP contribution in [0.15, 0.2) is 56.6 Å². The Labute approximate surface area is 255 Å². The van der Waals surface area contributed by atoms with Gasteiger partial charge in [-0.05, 0) is 48.1 Å². The highest BCUT2D eigenvalue weighted by molar-refractivity contribution is 6.27. The number of allylic oxidation sites excluding steroid dienone is 5. The maximum absolute atomic E-state index is 14.6. The average Bonchev–Trinajstić information content (AvgIpc) is 3.00. The highest BCUT2D eigenvalue weighted by Gasteiger charge is 2.62. The van der Waals surface area contributed by atoms with Crippen LogP contribution in [0.2, 0.25) is 0 Å². The summed E-state index contributed by atoms with van der Waals surface area (Å²) >= 11 is 0. The molecule has 5 aliphatic rings. The molecular formula is C32H36N2O10. The monoisotopic (exact) mass is 608 g/mol. The van der Waals surface area contributed by atoms with Crippen molar-refractivity contribution in [2.45, 2.75) is 71.3 Å². The van der Waals surface area contributed by atoms with Crippen molar-refractivity contribution in [3.05, 3.63) is 56.6 Å². The van der Waals surface area contributed by atoms with Gasteiger partial charge in [-0.15, -0.1) is 0 Å². The van der Waals surface area contributed by atoms with E-state index in [9.17, 15) is 28.8 Å². The number of hydrogen-bond acceptors (Lipinski definition) is 11. The number of ketones is 4. The zero-order valence-corrected chi connectivity index (χ0v) is 26.1. The van der Waals surface area contributed by atoms with Crippen molar-refractivity contribution in [2.24, 2.45) is 0 Å². The Bertz CT molecular complexity index is 1570. The van der Waals surface area contributed by atoms with Gasteiger partial charge in [0.25, 0.3) is 0 Å². The Hall–Kier alpha value is -4.16. The van der Waals surface area contributed by atoms with Crippen molar-refractivity contribution in [2.75, 3.05) is 34.5 Å². The van der Waals surface area contributed by atoms with Crippen LogP contribution in [0, 0.1) is 0 Å². The van der Waals surface area contributed by atoms with Crippen molar-refractivity contribution in [1.82, 2.24) is 9.80 Å². The average molecular weight is 609 g/mol. The standard InChI is InChI=1S/C32H36N2O10/c1-9-13(3)32(40)44-12-18-19-16(24(35)14(4)28(41-7)26(19)37)11-17-22-20-21(25(36)15(5)29(42-8)27(20)38)30(43-10-2)23(33(22)6)31(39)34(17)18/h9,17-18,22-23,30H,10-12H2,1-8H3/b13-9-/t17-,18-,22+,23-,30-/m0/s1. The second-order valence-electron chi connectivity index (χ2n) is 11.4. The van der Waals surface area contributed by atoms with E-state index in [-0.39, 0.29) is 58.0 Å². The van der Waals surface area contributed by atoms with E-state index >= 15 is 0 Å². The number of fused-ring (bicyclic) bond motifs is 5. The molecule has 0 aromatic rings. The maximum Gasteiger partial charge on any atom is 0.333 e. The maximum atomic E-state index is 14.6. The molecule has 2 aliphatic carbocycles. The number of ether oxygens (including phenoxy) is 4. The second kappa shape index (κ2) is 11.4. The van der Waals surface area contributed by atoms with Gasteiger partial charge in [0.2, 0.25) is 17.5 Å². The molecule has 12 heteroatoms. The molecule has 0 aromatic carbocycles. The molecule has 234 valence electrons. The van der Waals surface area contributed by atoms with E-state index in [0.29, 0.717) is 5.57 Å². The molecule has 0 spiro atoms. The molecule has 0 N–H and O–H groups in total. The van der Waals surface area contributed by atoms with E-state index in [1.807, 2.05) is 0 Å². The molecule has 12 nitrogen and oxygen atoms in total. The van der Waals surface area contributed by atoms with Gasteiger partial charge in [-0.25, -0.2) is 4.79 Å². The lowest BCUT2D eigenvalue weighted by Crippen LogP contribution is -2.76. The summed E-state index contributed by atoms with van der Waals surface area (Å²) in [5.41, 5.74) is 0.943. The third-order valence-electron chi connectivity index (χ3n) is 9.34. The highest BCUT2D eigenvalue weighted by Crippen LogP contribution is 2.48. The van der Waals surface area contributed by atoms with Crippen LogP contribution < -0.4 is 0 Å². The molecule has 1 fully saturated rings. The van der Waals surface area contributed by atoms with E-state index in [1.165, 1.54) is 33.0 Å². The third kappa shape index (κ3) is 4.26. The number of hydrogen-bond donors (Lipinski definition) is 0. The normalized spacial score (nSPS) is 29.3. The van der Waals surface area contributed by atoms with Crippen LogP contribution in [0.1, 0.15) is 41.0 Å². The summed E-state index contributed by atoms with van der Waals surface area (Å²) in [6.07, 6.45) is 0.392. The van der Waals surface area contributed by atoms with Gasteiger partial charge in [-0.3, -0.25) is 28.9 Å². The lowest BCUT2D eigenvalue weighted by molar-refractivity contribution is -0.166. The summed E-state index contributed by atoms with van der Waals surface area (Å²) in [5.74, 6) is -3.37. The molecule has 44 heavy (non-hydrogen) atoms. The van der Waals surface area contributed by atoms with Crippen molar-refractivity contribution >= 4 is 35.0 Å². The molecule has 1 saturated heterocycles. The number of esters is 1. The van der Waals surface area contributed by atoms with Crippen molar-refractivity contribution < 1.29 is 47.7 Å². The van der Waals surface area contributed by atoms with Crippen LogP contribution in [-0.4, -0.2) is 110 Å². The van der Waals surface area contributed by atoms with E-state index in [1.54, 1.807) is 38.8 Å². The van der Waals surface area contributed by atoms with Crippen LogP contribution in [0.3, 0.4) is 0 Å². The second-order valence-corrected chi connectivity index (χ2v) is 11.4. The van der Waals surface area contributed by atoms with Crippen LogP contribution in [0.4, 0.5) is 0 Å². The zero-order chi connectivity index (χ0) is 32.4. The smallest absolute Gasteiger partial charge is 0.333 e. The Morgan fingerprint density at radius 2 is 1.48 bits per heavy atom. The minimum atomic E-state index is -1.17. The van der Waals surface area contributed by atoms with Crippen LogP contribution in [0.5, 0.6) is 0 Å². The largest absolute Gasteiger partial charge is 0.492 e. The van der Waals surface area contributed by atoms with E-state index in [2.05, 4.69) is 0 Å². The number of likely N-dealkylation sites (N-methyl/N-ethyl adjacent to an activating group) is 1. The van der Waals surface area contributed by atoms with E-state index < -0.39 is 71.9 Å². The topological polar surface area (TPSA) is 146 Å². The Balaban J connectivity index is 1.73. The third-order valence-corrected chi connectivity index (χ3v) is 9.34. The molecule has 5 atom stereocenters. The summed E-state index contributed by atoms with van der Waals surface area (Å²) < 4.78 is 22.3. The number of amides is 1. The molecule has 5 rings (SSSR count). The SMILES string of the molecule is C/C=C(/C)C(=O)OC[C@H]1C2=C(C[C@H]3[C@@H]4C5=C(C(=O)C(C)=C(OC)C5=O)[C@H](OCC)[C@@H](C(=O)N13)N4C)C(=O)C(C)=C(OC)C2=O. The molecule has 2 bridgehead atoms. The first-order valence-corrected chi connectivity index (χ1v) is 14.5. The lowest BCUT2D eigenvalue weighted by atomic mass is 9.68. The Morgan fingerprint density at radius 3 is 2.05 bits per heavy atom. The fourth-order valence-corrected chi connectivity index (χ4v) is 7.18. The fourth-order valence-electron chi connectivity index (χ4n) is 7.18. The van der Waals surface area contributed by atoms with Crippen LogP contribution >= 0.6 is 0 Å². The van der Waals surface area contributed by atoms with Crippen LogP contribution in [0.25, 0.3) is 0 Å². The van der Waals surface area contributed by atoms with Gasteiger partial charge < -0.3 is 23.8 Å².